The van der Waals surface area contributed by atoms with Gasteiger partial charge < -0.3 is 10.1 Å². The molecule has 0 unspecified atom stereocenters. The van der Waals surface area contributed by atoms with E-state index in [2.05, 4.69) is 44.3 Å². The summed E-state index contributed by atoms with van der Waals surface area (Å²) in [6.07, 6.45) is 6.50. The lowest BCUT2D eigenvalue weighted by Crippen LogP contribution is -2.37. The molecule has 1 aromatic carbocycles. The number of ether oxygens (including phenoxy) is 1. The van der Waals surface area contributed by atoms with Crippen LogP contribution in [0.2, 0.25) is 0 Å². The normalized spacial score (nSPS) is 16.4. The predicted molar refractivity (Wildman–Crippen MR) is 94.8 cm³/mol. The molecule has 2 rings (SSSR count). The van der Waals surface area contributed by atoms with Crippen molar-refractivity contribution in [3.8, 4) is 5.75 Å². The Labute approximate surface area is 140 Å². The molecule has 3 heteroatoms. The number of hydrogen-bond donors (Lipinski definition) is 1. The Kier molecular flexibility index (Phi) is 5.86. The van der Waals surface area contributed by atoms with E-state index in [0.717, 1.165) is 18.6 Å². The van der Waals surface area contributed by atoms with Crippen LogP contribution in [0.25, 0.3) is 0 Å². The Bertz CT molecular complexity index is 552. The second-order valence-electron chi connectivity index (χ2n) is 7.36. The average molecular weight is 315 g/mol. The van der Waals surface area contributed by atoms with Gasteiger partial charge in [-0.3, -0.25) is 4.79 Å². The third kappa shape index (κ3) is 5.42. The lowest BCUT2D eigenvalue weighted by molar-refractivity contribution is -0.127. The van der Waals surface area contributed by atoms with E-state index in [0.29, 0.717) is 6.54 Å². The zero-order chi connectivity index (χ0) is 16.9. The van der Waals surface area contributed by atoms with E-state index in [1.807, 2.05) is 12.1 Å². The van der Waals surface area contributed by atoms with Crippen molar-refractivity contribution in [2.24, 2.45) is 0 Å². The Morgan fingerprint density at radius 1 is 1.22 bits per heavy atom. The Morgan fingerprint density at radius 2 is 1.91 bits per heavy atom. The number of carbonyl (C=O) groups excluding carboxylic acids is 1. The number of allylic oxidation sites excluding steroid dienone is 1. The number of nitrogens with one attached hydrogen (secondary N) is 1. The summed E-state index contributed by atoms with van der Waals surface area (Å²) in [7, 11) is 0. The first-order valence-electron chi connectivity index (χ1n) is 8.59. The second-order valence-corrected chi connectivity index (χ2v) is 7.36. The van der Waals surface area contributed by atoms with Gasteiger partial charge in [0.25, 0.3) is 5.91 Å². The van der Waals surface area contributed by atoms with Gasteiger partial charge in [0.05, 0.1) is 0 Å². The topological polar surface area (TPSA) is 38.3 Å². The molecule has 0 saturated carbocycles. The van der Waals surface area contributed by atoms with Crippen LogP contribution >= 0.6 is 0 Å². The molecule has 0 heterocycles. The van der Waals surface area contributed by atoms with Crippen LogP contribution in [0.3, 0.4) is 0 Å². The van der Waals surface area contributed by atoms with Gasteiger partial charge in [-0.15, -0.1) is 0 Å². The van der Waals surface area contributed by atoms with Crippen LogP contribution in [0.4, 0.5) is 0 Å². The van der Waals surface area contributed by atoms with Crippen molar-refractivity contribution in [1.29, 1.82) is 0 Å². The Morgan fingerprint density at radius 3 is 2.48 bits per heavy atom. The maximum Gasteiger partial charge on any atom is 0.261 e. The number of benzene rings is 1. The van der Waals surface area contributed by atoms with Gasteiger partial charge in [0.1, 0.15) is 5.75 Å². The third-order valence-electron chi connectivity index (χ3n) is 4.28. The van der Waals surface area contributed by atoms with Crippen LogP contribution in [0.15, 0.2) is 35.9 Å². The fraction of sp³-hybridized carbons (Fsp3) is 0.550. The van der Waals surface area contributed by atoms with Gasteiger partial charge in [-0.05, 0) is 55.7 Å². The molecule has 3 nitrogen and oxygen atoms in total. The molecular weight excluding hydrogens is 286 g/mol. The summed E-state index contributed by atoms with van der Waals surface area (Å²) in [4.78, 5) is 12.2. The SMILES string of the molecule is C[C@@H](Oc1ccc(C(C)(C)C)cc1)C(=O)NCC1=CCCCC1. The molecule has 1 aliphatic rings. The number of amides is 1. The van der Waals surface area contributed by atoms with Crippen molar-refractivity contribution in [3.63, 3.8) is 0 Å². The van der Waals surface area contributed by atoms with Crippen LogP contribution < -0.4 is 10.1 Å². The van der Waals surface area contributed by atoms with Crippen molar-refractivity contribution in [3.05, 3.63) is 41.5 Å². The molecule has 0 radical (unpaired) electrons. The molecule has 23 heavy (non-hydrogen) atoms. The van der Waals surface area contributed by atoms with Gasteiger partial charge in [-0.1, -0.05) is 44.6 Å². The summed E-state index contributed by atoms with van der Waals surface area (Å²) in [5.74, 6) is 0.675. The van der Waals surface area contributed by atoms with Gasteiger partial charge in [0.2, 0.25) is 0 Å². The summed E-state index contributed by atoms with van der Waals surface area (Å²) in [5.41, 5.74) is 2.72. The highest BCUT2D eigenvalue weighted by molar-refractivity contribution is 5.80. The lowest BCUT2D eigenvalue weighted by Gasteiger charge is -2.20. The zero-order valence-electron chi connectivity index (χ0n) is 14.8. The first-order chi connectivity index (χ1) is 10.9. The third-order valence-corrected chi connectivity index (χ3v) is 4.28. The molecule has 126 valence electrons. The van der Waals surface area contributed by atoms with Gasteiger partial charge in [0, 0.05) is 6.54 Å². The van der Waals surface area contributed by atoms with E-state index in [1.165, 1.54) is 24.0 Å². The highest BCUT2D eigenvalue weighted by atomic mass is 16.5. The van der Waals surface area contributed by atoms with Crippen LogP contribution in [-0.2, 0) is 10.2 Å². The fourth-order valence-electron chi connectivity index (χ4n) is 2.70. The quantitative estimate of drug-likeness (QED) is 0.820. The highest BCUT2D eigenvalue weighted by Crippen LogP contribution is 2.24. The first kappa shape index (κ1) is 17.6. The van der Waals surface area contributed by atoms with Crippen molar-refractivity contribution in [2.45, 2.75) is 64.9 Å². The van der Waals surface area contributed by atoms with Crippen molar-refractivity contribution < 1.29 is 9.53 Å². The van der Waals surface area contributed by atoms with Crippen LogP contribution in [0.1, 0.15) is 58.9 Å². The van der Waals surface area contributed by atoms with E-state index < -0.39 is 6.10 Å². The van der Waals surface area contributed by atoms with E-state index >= 15 is 0 Å². The molecule has 0 aromatic heterocycles. The maximum absolute atomic E-state index is 12.2. The number of hydrogen-bond acceptors (Lipinski definition) is 2. The first-order valence-corrected chi connectivity index (χ1v) is 8.59. The van der Waals surface area contributed by atoms with Crippen LogP contribution in [0, 0.1) is 0 Å². The summed E-state index contributed by atoms with van der Waals surface area (Å²) in [6.45, 7) is 8.98. The van der Waals surface area contributed by atoms with Crippen molar-refractivity contribution >= 4 is 5.91 Å². The smallest absolute Gasteiger partial charge is 0.261 e. The standard InChI is InChI=1S/C20H29NO2/c1-15(19(22)21-14-16-8-6-5-7-9-16)23-18-12-10-17(11-13-18)20(2,3)4/h8,10-13,15H,5-7,9,14H2,1-4H3,(H,21,22)/t15-/m1/s1. The molecule has 0 fully saturated rings. The largest absolute Gasteiger partial charge is 0.481 e. The monoisotopic (exact) mass is 315 g/mol. The van der Waals surface area contributed by atoms with Crippen LogP contribution in [0.5, 0.6) is 5.75 Å². The minimum atomic E-state index is -0.486. The van der Waals surface area contributed by atoms with Gasteiger partial charge in [-0.2, -0.15) is 0 Å². The van der Waals surface area contributed by atoms with E-state index in [9.17, 15) is 4.79 Å². The average Bonchev–Trinajstić information content (AvgIpc) is 2.53. The van der Waals surface area contributed by atoms with Gasteiger partial charge in [0.15, 0.2) is 6.10 Å². The molecule has 0 bridgehead atoms. The number of carbonyl (C=O) groups is 1. The molecule has 1 atom stereocenters. The maximum atomic E-state index is 12.2. The van der Waals surface area contributed by atoms with Crippen molar-refractivity contribution in [2.75, 3.05) is 6.54 Å². The molecule has 1 aliphatic carbocycles. The Hall–Kier alpha value is -1.77. The lowest BCUT2D eigenvalue weighted by atomic mass is 9.87. The van der Waals surface area contributed by atoms with E-state index in [-0.39, 0.29) is 11.3 Å². The molecule has 1 amide bonds. The molecule has 1 N–H and O–H groups in total. The van der Waals surface area contributed by atoms with Crippen molar-refractivity contribution in [1.82, 2.24) is 5.32 Å². The van der Waals surface area contributed by atoms with Crippen LogP contribution in [-0.4, -0.2) is 18.6 Å². The highest BCUT2D eigenvalue weighted by Gasteiger charge is 2.17. The summed E-state index contributed by atoms with van der Waals surface area (Å²) < 4.78 is 5.75. The second kappa shape index (κ2) is 7.67. The minimum Gasteiger partial charge on any atom is -0.481 e. The van der Waals surface area contributed by atoms with Gasteiger partial charge >= 0.3 is 0 Å². The summed E-state index contributed by atoms with van der Waals surface area (Å²) in [5, 5.41) is 2.98. The van der Waals surface area contributed by atoms with E-state index in [4.69, 9.17) is 4.74 Å². The molecular formula is C20H29NO2. The molecule has 0 saturated heterocycles. The minimum absolute atomic E-state index is 0.0589. The molecule has 0 aliphatic heterocycles. The van der Waals surface area contributed by atoms with Gasteiger partial charge in [-0.25, -0.2) is 0 Å². The zero-order valence-corrected chi connectivity index (χ0v) is 14.8. The molecule has 1 aromatic rings. The van der Waals surface area contributed by atoms with E-state index in [1.54, 1.807) is 6.92 Å². The summed E-state index contributed by atoms with van der Waals surface area (Å²) >= 11 is 0. The summed E-state index contributed by atoms with van der Waals surface area (Å²) in [6, 6.07) is 8.00. The number of rotatable bonds is 5. The molecule has 0 spiro atoms. The fourth-order valence-corrected chi connectivity index (χ4v) is 2.70. The Balaban J connectivity index is 1.84. The predicted octanol–water partition coefficient (Wildman–Crippen LogP) is 4.37.